The lowest BCUT2D eigenvalue weighted by Crippen LogP contribution is -2.00. The van der Waals surface area contributed by atoms with E-state index in [-0.39, 0.29) is 24.8 Å². The summed E-state index contributed by atoms with van der Waals surface area (Å²) in [6.45, 7) is 1.64. The summed E-state index contributed by atoms with van der Waals surface area (Å²) >= 11 is 0. The van der Waals surface area contributed by atoms with E-state index in [4.69, 9.17) is 9.84 Å². The van der Waals surface area contributed by atoms with Gasteiger partial charge in [0.05, 0.1) is 0 Å². The molecule has 2 aromatic rings. The Morgan fingerprint density at radius 3 is 2.67 bits per heavy atom. The molecule has 0 aliphatic carbocycles. The van der Waals surface area contributed by atoms with Crippen molar-refractivity contribution in [1.82, 2.24) is 0 Å². The van der Waals surface area contributed by atoms with E-state index < -0.39 is 5.82 Å². The highest BCUT2D eigenvalue weighted by atomic mass is 19.1. The zero-order chi connectivity index (χ0) is 15.2. The molecular formula is C17H14F2O2. The lowest BCUT2D eigenvalue weighted by Gasteiger charge is -2.10. The van der Waals surface area contributed by atoms with Crippen LogP contribution in [0.1, 0.15) is 16.7 Å². The van der Waals surface area contributed by atoms with Crippen molar-refractivity contribution >= 4 is 0 Å². The molecule has 4 heteroatoms. The molecule has 0 radical (unpaired) electrons. The van der Waals surface area contributed by atoms with Gasteiger partial charge in [0.1, 0.15) is 19.0 Å². The van der Waals surface area contributed by atoms with Gasteiger partial charge in [0, 0.05) is 5.56 Å². The van der Waals surface area contributed by atoms with Crippen LogP contribution in [0.15, 0.2) is 36.4 Å². The first-order valence-electron chi connectivity index (χ1n) is 6.37. The molecule has 21 heavy (non-hydrogen) atoms. The minimum Gasteiger partial charge on any atom is -0.486 e. The van der Waals surface area contributed by atoms with Crippen molar-refractivity contribution in [2.75, 3.05) is 6.61 Å². The third-order valence-electron chi connectivity index (χ3n) is 2.93. The van der Waals surface area contributed by atoms with E-state index in [9.17, 15) is 8.78 Å². The molecule has 0 heterocycles. The Hall–Kier alpha value is -2.38. The molecule has 2 rings (SSSR count). The van der Waals surface area contributed by atoms with Crippen molar-refractivity contribution in [2.24, 2.45) is 0 Å². The maximum absolute atomic E-state index is 13.7. The molecule has 2 aromatic carbocycles. The lowest BCUT2D eigenvalue weighted by molar-refractivity contribution is 0.289. The van der Waals surface area contributed by atoms with E-state index in [1.807, 2.05) is 0 Å². The fourth-order valence-electron chi connectivity index (χ4n) is 1.81. The van der Waals surface area contributed by atoms with Crippen molar-refractivity contribution in [3.63, 3.8) is 0 Å². The van der Waals surface area contributed by atoms with Crippen LogP contribution in [0.25, 0.3) is 0 Å². The second-order valence-corrected chi connectivity index (χ2v) is 4.46. The third-order valence-corrected chi connectivity index (χ3v) is 2.93. The van der Waals surface area contributed by atoms with Crippen LogP contribution in [0.3, 0.4) is 0 Å². The number of aliphatic hydroxyl groups excluding tert-OH is 1. The molecule has 0 aromatic heterocycles. The summed E-state index contributed by atoms with van der Waals surface area (Å²) in [5, 5.41) is 8.65. The average molecular weight is 288 g/mol. The second-order valence-electron chi connectivity index (χ2n) is 4.46. The molecule has 0 unspecified atom stereocenters. The Labute approximate surface area is 122 Å². The monoisotopic (exact) mass is 288 g/mol. The Bertz CT molecular complexity index is 700. The van der Waals surface area contributed by atoms with E-state index in [1.165, 1.54) is 30.3 Å². The van der Waals surface area contributed by atoms with Crippen LogP contribution in [-0.4, -0.2) is 11.7 Å². The Morgan fingerprint density at radius 1 is 1.14 bits per heavy atom. The first-order valence-corrected chi connectivity index (χ1v) is 6.37. The highest BCUT2D eigenvalue weighted by Gasteiger charge is 2.06. The van der Waals surface area contributed by atoms with Crippen molar-refractivity contribution < 1.29 is 18.6 Å². The summed E-state index contributed by atoms with van der Waals surface area (Å²) in [5.74, 6) is 4.43. The molecular weight excluding hydrogens is 274 g/mol. The largest absolute Gasteiger partial charge is 0.486 e. The zero-order valence-corrected chi connectivity index (χ0v) is 11.5. The van der Waals surface area contributed by atoms with Crippen molar-refractivity contribution in [3.05, 3.63) is 64.7 Å². The molecule has 0 spiro atoms. The van der Waals surface area contributed by atoms with Gasteiger partial charge < -0.3 is 9.84 Å². The maximum atomic E-state index is 13.7. The van der Waals surface area contributed by atoms with E-state index in [0.717, 1.165) is 11.1 Å². The summed E-state index contributed by atoms with van der Waals surface area (Å²) in [6, 6.07) is 8.58. The number of halogens is 2. The van der Waals surface area contributed by atoms with Gasteiger partial charge in [-0.1, -0.05) is 17.9 Å². The zero-order valence-electron chi connectivity index (χ0n) is 11.5. The smallest absolute Gasteiger partial charge is 0.165 e. The van der Waals surface area contributed by atoms with Gasteiger partial charge in [0.2, 0.25) is 0 Å². The first-order chi connectivity index (χ1) is 10.1. The maximum Gasteiger partial charge on any atom is 0.165 e. The number of ether oxygens (including phenoxy) is 1. The summed E-state index contributed by atoms with van der Waals surface area (Å²) in [5.41, 5.74) is 2.07. The fourth-order valence-corrected chi connectivity index (χ4v) is 1.81. The normalized spacial score (nSPS) is 9.90. The highest BCUT2D eigenvalue weighted by molar-refractivity contribution is 5.41. The van der Waals surface area contributed by atoms with Crippen LogP contribution in [0, 0.1) is 30.4 Å². The van der Waals surface area contributed by atoms with Crippen LogP contribution in [-0.2, 0) is 6.61 Å². The molecule has 2 nitrogen and oxygen atoms in total. The number of rotatable bonds is 3. The Morgan fingerprint density at radius 2 is 1.95 bits per heavy atom. The second kappa shape index (κ2) is 6.87. The van der Waals surface area contributed by atoms with Gasteiger partial charge in [-0.2, -0.15) is 0 Å². The number of hydrogen-bond acceptors (Lipinski definition) is 2. The molecule has 0 saturated carbocycles. The van der Waals surface area contributed by atoms with Crippen molar-refractivity contribution in [3.8, 4) is 17.6 Å². The molecule has 1 N–H and O–H groups in total. The lowest BCUT2D eigenvalue weighted by atomic mass is 10.1. The highest BCUT2D eigenvalue weighted by Crippen LogP contribution is 2.21. The van der Waals surface area contributed by atoms with Gasteiger partial charge in [0.25, 0.3) is 0 Å². The Kier molecular flexibility index (Phi) is 4.91. The third kappa shape index (κ3) is 4.04. The van der Waals surface area contributed by atoms with Crippen molar-refractivity contribution in [2.45, 2.75) is 13.5 Å². The first kappa shape index (κ1) is 15.0. The summed E-state index contributed by atoms with van der Waals surface area (Å²) in [4.78, 5) is 0. The summed E-state index contributed by atoms with van der Waals surface area (Å²) in [7, 11) is 0. The predicted molar refractivity (Wildman–Crippen MR) is 75.8 cm³/mol. The molecule has 0 saturated heterocycles. The van der Waals surface area contributed by atoms with Crippen LogP contribution in [0.4, 0.5) is 8.78 Å². The fraction of sp³-hybridized carbons (Fsp3) is 0.176. The molecule has 0 atom stereocenters. The average Bonchev–Trinajstić information content (AvgIpc) is 2.46. The van der Waals surface area contributed by atoms with E-state index in [0.29, 0.717) is 5.56 Å². The van der Waals surface area contributed by atoms with Gasteiger partial charge >= 0.3 is 0 Å². The van der Waals surface area contributed by atoms with Gasteiger partial charge in [-0.25, -0.2) is 8.78 Å². The standard InChI is InChI=1S/C17H14F2O2/c1-12-9-15(18)6-5-14(12)11-21-17-10-13(3-2-8-20)4-7-16(17)19/h4-7,9-10,20H,8,11H2,1H3. The molecule has 108 valence electrons. The molecule has 0 aliphatic heterocycles. The summed E-state index contributed by atoms with van der Waals surface area (Å²) in [6.07, 6.45) is 0. The van der Waals surface area contributed by atoms with Gasteiger partial charge in [-0.05, 0) is 48.4 Å². The number of benzene rings is 2. The van der Waals surface area contributed by atoms with Crippen molar-refractivity contribution in [1.29, 1.82) is 0 Å². The number of hydrogen-bond donors (Lipinski definition) is 1. The van der Waals surface area contributed by atoms with Crippen LogP contribution >= 0.6 is 0 Å². The topological polar surface area (TPSA) is 29.5 Å². The van der Waals surface area contributed by atoms with E-state index in [1.54, 1.807) is 13.0 Å². The van der Waals surface area contributed by atoms with Gasteiger partial charge in [-0.15, -0.1) is 0 Å². The summed E-state index contributed by atoms with van der Waals surface area (Å²) < 4.78 is 32.1. The van der Waals surface area contributed by atoms with Crippen LogP contribution in [0.5, 0.6) is 5.75 Å². The minimum atomic E-state index is -0.496. The number of aryl methyl sites for hydroxylation is 1. The van der Waals surface area contributed by atoms with Crippen LogP contribution in [0.2, 0.25) is 0 Å². The minimum absolute atomic E-state index is 0.0727. The molecule has 0 fully saturated rings. The van der Waals surface area contributed by atoms with Gasteiger partial charge in [-0.3, -0.25) is 0 Å². The quantitative estimate of drug-likeness (QED) is 0.879. The SMILES string of the molecule is Cc1cc(F)ccc1COc1cc(C#CCO)ccc1F. The van der Waals surface area contributed by atoms with Gasteiger partial charge in [0.15, 0.2) is 11.6 Å². The molecule has 0 amide bonds. The molecule has 0 bridgehead atoms. The molecule has 0 aliphatic rings. The van der Waals surface area contributed by atoms with Crippen LogP contribution < -0.4 is 4.74 Å². The van der Waals surface area contributed by atoms with E-state index in [2.05, 4.69) is 11.8 Å². The predicted octanol–water partition coefficient (Wildman–Crippen LogP) is 3.20. The Balaban J connectivity index is 2.15. The van der Waals surface area contributed by atoms with E-state index >= 15 is 0 Å². The number of aliphatic hydroxyl groups is 1.